The molecule has 1 aromatic rings. The molecule has 1 fully saturated rings. The van der Waals surface area contributed by atoms with Crippen molar-refractivity contribution in [3.63, 3.8) is 0 Å². The van der Waals surface area contributed by atoms with E-state index < -0.39 is 0 Å². The van der Waals surface area contributed by atoms with Crippen molar-refractivity contribution in [2.45, 2.75) is 65.2 Å². The van der Waals surface area contributed by atoms with Gasteiger partial charge in [0.25, 0.3) is 0 Å². The average molecular weight is 280 g/mol. The van der Waals surface area contributed by atoms with Crippen molar-refractivity contribution in [2.75, 3.05) is 0 Å². The summed E-state index contributed by atoms with van der Waals surface area (Å²) in [5.41, 5.74) is 2.58. The second kappa shape index (κ2) is 6.53. The van der Waals surface area contributed by atoms with E-state index in [1.807, 2.05) is 4.90 Å². The molecular weight excluding hydrogens is 256 g/mol. The molecule has 0 radical (unpaired) electrons. The molecule has 2 unspecified atom stereocenters. The van der Waals surface area contributed by atoms with Crippen molar-refractivity contribution in [3.05, 3.63) is 21.9 Å². The van der Waals surface area contributed by atoms with Crippen molar-refractivity contribution in [3.8, 4) is 0 Å². The van der Waals surface area contributed by atoms with E-state index in [9.17, 15) is 4.79 Å². The van der Waals surface area contributed by atoms with Gasteiger partial charge in [0.1, 0.15) is 0 Å². The van der Waals surface area contributed by atoms with Crippen molar-refractivity contribution in [1.29, 1.82) is 0 Å². The molecule has 1 aliphatic heterocycles. The molecule has 2 heterocycles. The highest BCUT2D eigenvalue weighted by Gasteiger charge is 2.37. The molecule has 0 saturated carbocycles. The minimum atomic E-state index is 0.0313. The predicted octanol–water partition coefficient (Wildman–Crippen LogP) is 3.28. The van der Waals surface area contributed by atoms with E-state index in [0.717, 1.165) is 32.2 Å². The number of carbonyl (C=O) groups is 1. The normalized spacial score (nSPS) is 23.3. The molecular formula is C15H24N2OS. The Balaban J connectivity index is 2.05. The number of carbonyl (C=O) groups excluding carboxylic acids is 1. The number of nitrogens with zero attached hydrogens (tertiary/aromatic N) is 1. The smallest absolute Gasteiger partial charge is 0.241 e. The summed E-state index contributed by atoms with van der Waals surface area (Å²) in [6.07, 6.45) is 4.40. The molecule has 1 N–H and O–H groups in total. The maximum atomic E-state index is 12.5. The van der Waals surface area contributed by atoms with E-state index >= 15 is 0 Å². The zero-order chi connectivity index (χ0) is 13.8. The molecule has 1 saturated heterocycles. The van der Waals surface area contributed by atoms with Gasteiger partial charge in [-0.2, -0.15) is 11.3 Å². The first-order chi connectivity index (χ1) is 9.17. The number of aryl methyl sites for hydroxylation is 1. The summed E-state index contributed by atoms with van der Waals surface area (Å²) in [6, 6.07) is 0.0313. The van der Waals surface area contributed by atoms with Gasteiger partial charge in [-0.1, -0.05) is 26.7 Å². The molecule has 3 nitrogen and oxygen atoms in total. The molecule has 4 heteroatoms. The molecule has 0 aromatic carbocycles. The summed E-state index contributed by atoms with van der Waals surface area (Å²) < 4.78 is 0. The third kappa shape index (κ3) is 3.18. The summed E-state index contributed by atoms with van der Waals surface area (Å²) in [6.45, 7) is 7.18. The van der Waals surface area contributed by atoms with Gasteiger partial charge in [0.15, 0.2) is 0 Å². The zero-order valence-electron chi connectivity index (χ0n) is 12.1. The molecule has 1 amide bonds. The minimum absolute atomic E-state index is 0.0313. The number of unbranched alkanes of at least 4 members (excludes halogenated alkanes) is 1. The van der Waals surface area contributed by atoms with Gasteiger partial charge in [-0.25, -0.2) is 0 Å². The van der Waals surface area contributed by atoms with E-state index in [4.69, 9.17) is 0 Å². The van der Waals surface area contributed by atoms with E-state index in [0.29, 0.717) is 0 Å². The minimum Gasteiger partial charge on any atom is -0.321 e. The van der Waals surface area contributed by atoms with Crippen LogP contribution in [0.3, 0.4) is 0 Å². The number of hydrogen-bond donors (Lipinski definition) is 1. The van der Waals surface area contributed by atoms with Gasteiger partial charge in [0.05, 0.1) is 12.2 Å². The standard InChI is InChI=1S/C15H24N2OS/c1-4-6-7-13-15(18)17(14(5-2)16-13)8-12-10-19-9-11(12)3/h9-10,13-14,16H,4-8H2,1-3H3. The fourth-order valence-corrected chi connectivity index (χ4v) is 3.47. The Morgan fingerprint density at radius 1 is 1.37 bits per heavy atom. The first kappa shape index (κ1) is 14.5. The number of thiophene rings is 1. The van der Waals surface area contributed by atoms with Crippen LogP contribution in [-0.2, 0) is 11.3 Å². The van der Waals surface area contributed by atoms with Crippen LogP contribution < -0.4 is 5.32 Å². The maximum Gasteiger partial charge on any atom is 0.241 e. The average Bonchev–Trinajstić information content (AvgIpc) is 2.94. The molecule has 106 valence electrons. The van der Waals surface area contributed by atoms with Crippen LogP contribution in [0.5, 0.6) is 0 Å². The van der Waals surface area contributed by atoms with Crippen molar-refractivity contribution in [2.24, 2.45) is 0 Å². The maximum absolute atomic E-state index is 12.5. The molecule has 0 bridgehead atoms. The molecule has 2 atom stereocenters. The third-order valence-corrected chi connectivity index (χ3v) is 4.80. The van der Waals surface area contributed by atoms with Gasteiger partial charge in [-0.3, -0.25) is 10.1 Å². The molecule has 19 heavy (non-hydrogen) atoms. The van der Waals surface area contributed by atoms with E-state index in [2.05, 4.69) is 36.8 Å². The van der Waals surface area contributed by atoms with Crippen LogP contribution in [0, 0.1) is 6.92 Å². The third-order valence-electron chi connectivity index (χ3n) is 3.89. The number of hydrogen-bond acceptors (Lipinski definition) is 3. The Hall–Kier alpha value is -0.870. The van der Waals surface area contributed by atoms with E-state index in [-0.39, 0.29) is 18.1 Å². The first-order valence-corrected chi connectivity index (χ1v) is 8.19. The second-order valence-electron chi connectivity index (χ2n) is 5.33. The fraction of sp³-hybridized carbons (Fsp3) is 0.667. The van der Waals surface area contributed by atoms with Crippen LogP contribution in [0.15, 0.2) is 10.8 Å². The van der Waals surface area contributed by atoms with Crippen LogP contribution >= 0.6 is 11.3 Å². The lowest BCUT2D eigenvalue weighted by atomic mass is 10.1. The van der Waals surface area contributed by atoms with Crippen LogP contribution in [0.25, 0.3) is 0 Å². The highest BCUT2D eigenvalue weighted by molar-refractivity contribution is 7.08. The summed E-state index contributed by atoms with van der Waals surface area (Å²) in [7, 11) is 0. The van der Waals surface area contributed by atoms with Crippen LogP contribution in [0.1, 0.15) is 50.7 Å². The Bertz CT molecular complexity index is 430. The monoisotopic (exact) mass is 280 g/mol. The largest absolute Gasteiger partial charge is 0.321 e. The highest BCUT2D eigenvalue weighted by atomic mass is 32.1. The molecule has 0 spiro atoms. The summed E-state index contributed by atoms with van der Waals surface area (Å²) in [5.74, 6) is 0.283. The van der Waals surface area contributed by atoms with E-state index in [1.54, 1.807) is 11.3 Å². The van der Waals surface area contributed by atoms with Crippen molar-refractivity contribution in [1.82, 2.24) is 10.2 Å². The lowest BCUT2D eigenvalue weighted by Crippen LogP contribution is -2.36. The topological polar surface area (TPSA) is 32.3 Å². The van der Waals surface area contributed by atoms with Crippen LogP contribution in [0.4, 0.5) is 0 Å². The van der Waals surface area contributed by atoms with Gasteiger partial charge in [-0.05, 0) is 41.7 Å². The van der Waals surface area contributed by atoms with Gasteiger partial charge in [0.2, 0.25) is 5.91 Å². The SMILES string of the molecule is CCCCC1NC(CC)N(Cc2cscc2C)C1=O. The summed E-state index contributed by atoms with van der Waals surface area (Å²) >= 11 is 1.72. The summed E-state index contributed by atoms with van der Waals surface area (Å²) in [5, 5.41) is 7.80. The fourth-order valence-electron chi connectivity index (χ4n) is 2.62. The Kier molecular flexibility index (Phi) is 4.99. The first-order valence-electron chi connectivity index (χ1n) is 7.25. The lowest BCUT2D eigenvalue weighted by molar-refractivity contribution is -0.130. The van der Waals surface area contributed by atoms with Gasteiger partial charge < -0.3 is 4.90 Å². The zero-order valence-corrected chi connectivity index (χ0v) is 12.9. The molecule has 0 aliphatic carbocycles. The van der Waals surface area contributed by atoms with Crippen LogP contribution in [0.2, 0.25) is 0 Å². The predicted molar refractivity (Wildman–Crippen MR) is 80.1 cm³/mol. The number of rotatable bonds is 6. The Morgan fingerprint density at radius 3 is 2.74 bits per heavy atom. The second-order valence-corrected chi connectivity index (χ2v) is 6.08. The summed E-state index contributed by atoms with van der Waals surface area (Å²) in [4.78, 5) is 14.5. The molecule has 1 aliphatic rings. The van der Waals surface area contributed by atoms with E-state index in [1.165, 1.54) is 11.1 Å². The molecule has 1 aromatic heterocycles. The lowest BCUT2D eigenvalue weighted by Gasteiger charge is -2.23. The Labute approximate surface area is 120 Å². The van der Waals surface area contributed by atoms with Gasteiger partial charge in [0, 0.05) is 6.54 Å². The van der Waals surface area contributed by atoms with Crippen molar-refractivity contribution >= 4 is 17.2 Å². The Morgan fingerprint density at radius 2 is 2.16 bits per heavy atom. The van der Waals surface area contributed by atoms with Gasteiger partial charge >= 0.3 is 0 Å². The molecule has 2 rings (SSSR count). The van der Waals surface area contributed by atoms with Crippen LogP contribution in [-0.4, -0.2) is 23.0 Å². The van der Waals surface area contributed by atoms with Gasteiger partial charge in [-0.15, -0.1) is 0 Å². The quantitative estimate of drug-likeness (QED) is 0.867. The highest BCUT2D eigenvalue weighted by Crippen LogP contribution is 2.23. The number of amides is 1. The number of nitrogens with one attached hydrogen (secondary N) is 1. The van der Waals surface area contributed by atoms with Crippen molar-refractivity contribution < 1.29 is 4.79 Å².